The predicted octanol–water partition coefficient (Wildman–Crippen LogP) is 6.28. The van der Waals surface area contributed by atoms with E-state index in [1.54, 1.807) is 30.3 Å². The van der Waals surface area contributed by atoms with E-state index in [4.69, 9.17) is 32.7 Å². The van der Waals surface area contributed by atoms with E-state index in [2.05, 4.69) is 5.32 Å². The number of nitrogens with one attached hydrogen (secondary N) is 1. The molecular weight excluding hydrogens is 373 g/mol. The summed E-state index contributed by atoms with van der Waals surface area (Å²) in [7, 11) is 1.50. The van der Waals surface area contributed by atoms with Crippen molar-refractivity contribution in [2.24, 2.45) is 0 Å². The third-order valence-corrected chi connectivity index (χ3v) is 4.17. The van der Waals surface area contributed by atoms with Crippen molar-refractivity contribution in [1.82, 2.24) is 0 Å². The van der Waals surface area contributed by atoms with Gasteiger partial charge in [0.1, 0.15) is 5.75 Å². The number of halogens is 2. The van der Waals surface area contributed by atoms with Crippen molar-refractivity contribution < 1.29 is 14.3 Å². The smallest absolute Gasteiger partial charge is 0.417 e. The Morgan fingerprint density at radius 3 is 2.31 bits per heavy atom. The first-order valence-electron chi connectivity index (χ1n) is 7.74. The van der Waals surface area contributed by atoms with Gasteiger partial charge in [0.15, 0.2) is 5.75 Å². The molecule has 132 valence electrons. The summed E-state index contributed by atoms with van der Waals surface area (Å²) in [6.07, 6.45) is -0.695. The largest absolute Gasteiger partial charge is 0.495 e. The van der Waals surface area contributed by atoms with E-state index >= 15 is 0 Å². The first-order valence-corrected chi connectivity index (χ1v) is 8.50. The molecule has 4 nitrogen and oxygen atoms in total. The summed E-state index contributed by atoms with van der Waals surface area (Å²) in [5, 5.41) is 3.39. The van der Waals surface area contributed by atoms with Crippen LogP contribution in [0.2, 0.25) is 10.0 Å². The molecule has 6 heteroatoms. The number of anilines is 1. The molecule has 3 aromatic rings. The average Bonchev–Trinajstić information content (AvgIpc) is 2.64. The fourth-order valence-electron chi connectivity index (χ4n) is 2.41. The lowest BCUT2D eigenvalue weighted by molar-refractivity contribution is 0.215. The SMILES string of the molecule is COc1ccc(Cl)cc1NC(=O)Oc1ccc(-c2ccccc2)cc1Cl. The Balaban J connectivity index is 1.75. The van der Waals surface area contributed by atoms with Crippen molar-refractivity contribution in [2.45, 2.75) is 0 Å². The van der Waals surface area contributed by atoms with Gasteiger partial charge in [-0.25, -0.2) is 4.79 Å². The second-order valence-electron chi connectivity index (χ2n) is 5.37. The van der Waals surface area contributed by atoms with E-state index in [0.717, 1.165) is 11.1 Å². The van der Waals surface area contributed by atoms with Crippen LogP contribution in [0.1, 0.15) is 0 Å². The molecule has 0 unspecified atom stereocenters. The molecule has 0 fully saturated rings. The Labute approximate surface area is 161 Å². The highest BCUT2D eigenvalue weighted by Crippen LogP contribution is 2.31. The van der Waals surface area contributed by atoms with Crippen LogP contribution in [0.4, 0.5) is 10.5 Å². The molecule has 0 radical (unpaired) electrons. The molecule has 0 heterocycles. The number of carbonyl (C=O) groups excluding carboxylic acids is 1. The quantitative estimate of drug-likeness (QED) is 0.572. The van der Waals surface area contributed by atoms with Gasteiger partial charge in [0.25, 0.3) is 0 Å². The molecule has 3 aromatic carbocycles. The van der Waals surface area contributed by atoms with Crippen LogP contribution in [-0.4, -0.2) is 13.2 Å². The van der Waals surface area contributed by atoms with Crippen molar-refractivity contribution in [3.8, 4) is 22.6 Å². The van der Waals surface area contributed by atoms with Crippen molar-refractivity contribution >= 4 is 35.0 Å². The highest BCUT2D eigenvalue weighted by Gasteiger charge is 2.13. The average molecular weight is 388 g/mol. The summed E-state index contributed by atoms with van der Waals surface area (Å²) in [6, 6.07) is 19.9. The van der Waals surface area contributed by atoms with E-state index in [9.17, 15) is 4.79 Å². The lowest BCUT2D eigenvalue weighted by Crippen LogP contribution is -2.17. The fourth-order valence-corrected chi connectivity index (χ4v) is 2.80. The summed E-state index contributed by atoms with van der Waals surface area (Å²) >= 11 is 12.2. The molecule has 0 aromatic heterocycles. The number of methoxy groups -OCH3 is 1. The second-order valence-corrected chi connectivity index (χ2v) is 6.21. The zero-order valence-corrected chi connectivity index (χ0v) is 15.3. The topological polar surface area (TPSA) is 47.6 Å². The normalized spacial score (nSPS) is 10.3. The summed E-state index contributed by atoms with van der Waals surface area (Å²) in [5.41, 5.74) is 2.36. The van der Waals surface area contributed by atoms with Gasteiger partial charge in [-0.2, -0.15) is 0 Å². The Morgan fingerprint density at radius 2 is 1.62 bits per heavy atom. The third-order valence-electron chi connectivity index (χ3n) is 3.64. The minimum Gasteiger partial charge on any atom is -0.495 e. The number of rotatable bonds is 4. The predicted molar refractivity (Wildman–Crippen MR) is 105 cm³/mol. The lowest BCUT2D eigenvalue weighted by Gasteiger charge is -2.12. The molecular formula is C20H15Cl2NO3. The van der Waals surface area contributed by atoms with Crippen LogP contribution in [0, 0.1) is 0 Å². The van der Waals surface area contributed by atoms with Gasteiger partial charge in [-0.3, -0.25) is 5.32 Å². The first kappa shape index (κ1) is 18.1. The lowest BCUT2D eigenvalue weighted by atomic mass is 10.1. The molecule has 0 aliphatic carbocycles. The summed E-state index contributed by atoms with van der Waals surface area (Å²) in [4.78, 5) is 12.2. The third kappa shape index (κ3) is 4.28. The summed E-state index contributed by atoms with van der Waals surface area (Å²) in [5.74, 6) is 0.724. The van der Waals surface area contributed by atoms with Crippen LogP contribution in [0.25, 0.3) is 11.1 Å². The number of benzene rings is 3. The minimum absolute atomic E-state index is 0.254. The van der Waals surface area contributed by atoms with E-state index < -0.39 is 6.09 Å². The molecule has 0 aliphatic rings. The van der Waals surface area contributed by atoms with Gasteiger partial charge < -0.3 is 9.47 Å². The highest BCUT2D eigenvalue weighted by atomic mass is 35.5. The van der Waals surface area contributed by atoms with Gasteiger partial charge in [-0.15, -0.1) is 0 Å². The minimum atomic E-state index is -0.695. The number of ether oxygens (including phenoxy) is 2. The molecule has 0 saturated heterocycles. The molecule has 0 aliphatic heterocycles. The number of amides is 1. The second kappa shape index (κ2) is 8.13. The van der Waals surface area contributed by atoms with Crippen LogP contribution in [0.3, 0.4) is 0 Å². The number of hydrogen-bond donors (Lipinski definition) is 1. The molecule has 1 amide bonds. The van der Waals surface area contributed by atoms with Gasteiger partial charge in [-0.1, -0.05) is 59.6 Å². The summed E-state index contributed by atoms with van der Waals surface area (Å²) in [6.45, 7) is 0. The number of carbonyl (C=O) groups is 1. The van der Waals surface area contributed by atoms with E-state index in [0.29, 0.717) is 21.5 Å². The van der Waals surface area contributed by atoms with Gasteiger partial charge in [-0.05, 0) is 41.5 Å². The monoisotopic (exact) mass is 387 g/mol. The molecule has 0 bridgehead atoms. The molecule has 26 heavy (non-hydrogen) atoms. The molecule has 1 N–H and O–H groups in total. The van der Waals surface area contributed by atoms with Crippen molar-refractivity contribution in [2.75, 3.05) is 12.4 Å². The first-order chi connectivity index (χ1) is 12.6. The van der Waals surface area contributed by atoms with Crippen LogP contribution in [0.5, 0.6) is 11.5 Å². The standard InChI is InChI=1S/C20H15Cl2NO3/c1-25-19-10-8-15(21)12-17(19)23-20(24)26-18-9-7-14(11-16(18)22)13-5-3-2-4-6-13/h2-12H,1H3,(H,23,24). The van der Waals surface area contributed by atoms with Gasteiger partial charge in [0, 0.05) is 5.02 Å². The zero-order chi connectivity index (χ0) is 18.5. The van der Waals surface area contributed by atoms with Crippen LogP contribution in [0.15, 0.2) is 66.7 Å². The van der Waals surface area contributed by atoms with Gasteiger partial charge in [0.2, 0.25) is 0 Å². The van der Waals surface area contributed by atoms with E-state index in [1.807, 2.05) is 36.4 Å². The van der Waals surface area contributed by atoms with Gasteiger partial charge in [0.05, 0.1) is 17.8 Å². The highest BCUT2D eigenvalue weighted by molar-refractivity contribution is 6.32. The van der Waals surface area contributed by atoms with Crippen molar-refractivity contribution in [3.63, 3.8) is 0 Å². The summed E-state index contributed by atoms with van der Waals surface area (Å²) < 4.78 is 10.5. The molecule has 0 saturated carbocycles. The molecule has 3 rings (SSSR count). The Morgan fingerprint density at radius 1 is 0.885 bits per heavy atom. The molecule has 0 atom stereocenters. The Kier molecular flexibility index (Phi) is 5.66. The van der Waals surface area contributed by atoms with Gasteiger partial charge >= 0.3 is 6.09 Å². The Hall–Kier alpha value is -2.69. The van der Waals surface area contributed by atoms with E-state index in [-0.39, 0.29) is 5.75 Å². The number of hydrogen-bond acceptors (Lipinski definition) is 3. The maximum absolute atomic E-state index is 12.2. The van der Waals surface area contributed by atoms with E-state index in [1.165, 1.54) is 7.11 Å². The van der Waals surface area contributed by atoms with Crippen molar-refractivity contribution in [3.05, 3.63) is 76.8 Å². The maximum Gasteiger partial charge on any atom is 0.417 e. The van der Waals surface area contributed by atoms with Crippen molar-refractivity contribution in [1.29, 1.82) is 0 Å². The maximum atomic E-state index is 12.2. The Bertz CT molecular complexity index is 930. The van der Waals surface area contributed by atoms with Crippen LogP contribution < -0.4 is 14.8 Å². The zero-order valence-electron chi connectivity index (χ0n) is 13.8. The molecule has 0 spiro atoms. The fraction of sp³-hybridized carbons (Fsp3) is 0.0500. The van der Waals surface area contributed by atoms with Crippen LogP contribution in [-0.2, 0) is 0 Å². The van der Waals surface area contributed by atoms with Crippen LogP contribution >= 0.6 is 23.2 Å².